The third kappa shape index (κ3) is 3.98. The molecule has 2 aromatic rings. The van der Waals surface area contributed by atoms with Gasteiger partial charge in [0, 0.05) is 19.1 Å². The van der Waals surface area contributed by atoms with Gasteiger partial charge in [-0.3, -0.25) is 0 Å². The van der Waals surface area contributed by atoms with Crippen molar-refractivity contribution >= 4 is 12.4 Å². The van der Waals surface area contributed by atoms with Crippen LogP contribution in [-0.2, 0) is 10.3 Å². The van der Waals surface area contributed by atoms with Crippen molar-refractivity contribution in [1.29, 1.82) is 0 Å². The van der Waals surface area contributed by atoms with E-state index >= 15 is 0 Å². The monoisotopic (exact) mass is 373 g/mol. The van der Waals surface area contributed by atoms with Crippen molar-refractivity contribution in [3.63, 3.8) is 0 Å². The topological polar surface area (TPSA) is 21.3 Å². The van der Waals surface area contributed by atoms with E-state index in [9.17, 15) is 0 Å². The van der Waals surface area contributed by atoms with Crippen LogP contribution in [0.15, 0.2) is 60.7 Å². The van der Waals surface area contributed by atoms with E-state index in [1.54, 1.807) is 0 Å². The summed E-state index contributed by atoms with van der Waals surface area (Å²) in [5.74, 6) is 1.17. The summed E-state index contributed by atoms with van der Waals surface area (Å²) in [6.07, 6.45) is 5.37. The molecular formula is C23H32ClNO. The van der Waals surface area contributed by atoms with Gasteiger partial charge in [-0.2, -0.15) is 0 Å². The average Bonchev–Trinajstić information content (AvgIpc) is 2.64. The van der Waals surface area contributed by atoms with Gasteiger partial charge in [-0.15, -0.1) is 12.4 Å². The fourth-order valence-corrected chi connectivity index (χ4v) is 4.43. The first-order chi connectivity index (χ1) is 12.2. The Kier molecular flexibility index (Phi) is 7.69. The highest BCUT2D eigenvalue weighted by molar-refractivity contribution is 5.85. The fraction of sp³-hybridized carbons (Fsp3) is 0.478. The maximum atomic E-state index is 6.35. The highest BCUT2D eigenvalue weighted by atomic mass is 35.5. The second kappa shape index (κ2) is 9.55. The molecule has 1 aliphatic rings. The van der Waals surface area contributed by atoms with Gasteiger partial charge in [-0.1, -0.05) is 86.8 Å². The van der Waals surface area contributed by atoms with Gasteiger partial charge < -0.3 is 10.1 Å². The molecule has 0 aliphatic heterocycles. The number of nitrogens with one attached hydrogen (secondary N) is 1. The highest BCUT2D eigenvalue weighted by Crippen LogP contribution is 2.43. The van der Waals surface area contributed by atoms with Crippen LogP contribution in [0.4, 0.5) is 0 Å². The van der Waals surface area contributed by atoms with Crippen LogP contribution in [-0.4, -0.2) is 20.2 Å². The molecule has 1 aliphatic carbocycles. The van der Waals surface area contributed by atoms with Crippen LogP contribution in [0.5, 0.6) is 0 Å². The summed E-state index contributed by atoms with van der Waals surface area (Å²) in [5, 5.41) is 3.60. The van der Waals surface area contributed by atoms with Crippen LogP contribution < -0.4 is 5.32 Å². The number of hydrogen-bond donors (Lipinski definition) is 1. The summed E-state index contributed by atoms with van der Waals surface area (Å²) in [5.41, 5.74) is 2.01. The van der Waals surface area contributed by atoms with E-state index in [0.717, 1.165) is 5.92 Å². The van der Waals surface area contributed by atoms with Crippen LogP contribution >= 0.6 is 12.4 Å². The van der Waals surface area contributed by atoms with Crippen LogP contribution in [0.25, 0.3) is 0 Å². The third-order valence-corrected chi connectivity index (χ3v) is 6.15. The van der Waals surface area contributed by atoms with Gasteiger partial charge in [0.2, 0.25) is 0 Å². The molecule has 2 nitrogen and oxygen atoms in total. The van der Waals surface area contributed by atoms with Crippen LogP contribution in [0, 0.1) is 11.8 Å². The molecule has 2 atom stereocenters. The van der Waals surface area contributed by atoms with Crippen LogP contribution in [0.2, 0.25) is 0 Å². The summed E-state index contributed by atoms with van der Waals surface area (Å²) in [6.45, 7) is 2.34. The lowest BCUT2D eigenvalue weighted by Crippen LogP contribution is -2.48. The van der Waals surface area contributed by atoms with E-state index in [1.165, 1.54) is 36.8 Å². The highest BCUT2D eigenvalue weighted by Gasteiger charge is 2.44. The van der Waals surface area contributed by atoms with Crippen molar-refractivity contribution in [2.45, 2.75) is 44.2 Å². The summed E-state index contributed by atoms with van der Waals surface area (Å²) >= 11 is 0. The maximum absolute atomic E-state index is 6.35. The molecule has 0 amide bonds. The molecule has 0 aromatic heterocycles. The Hall–Kier alpha value is -1.35. The molecule has 1 N–H and O–H groups in total. The summed E-state index contributed by atoms with van der Waals surface area (Å²) in [4.78, 5) is 0. The molecule has 2 unspecified atom stereocenters. The van der Waals surface area contributed by atoms with E-state index in [-0.39, 0.29) is 12.4 Å². The SMILES string of the molecule is CNC(CC1CCC1)C(C)C(OC)(c1ccccc1)c1ccccc1.Cl. The second-order valence-corrected chi connectivity index (χ2v) is 7.39. The number of methoxy groups -OCH3 is 1. The van der Waals surface area contributed by atoms with Crippen molar-refractivity contribution in [3.05, 3.63) is 71.8 Å². The second-order valence-electron chi connectivity index (χ2n) is 7.39. The van der Waals surface area contributed by atoms with Gasteiger partial charge in [-0.05, 0) is 30.5 Å². The first-order valence-corrected chi connectivity index (χ1v) is 9.55. The Morgan fingerprint density at radius 1 is 1.00 bits per heavy atom. The maximum Gasteiger partial charge on any atom is 0.122 e. The van der Waals surface area contributed by atoms with E-state index in [0.29, 0.717) is 12.0 Å². The zero-order chi connectivity index (χ0) is 17.7. The van der Waals surface area contributed by atoms with Crippen molar-refractivity contribution in [2.75, 3.05) is 14.2 Å². The molecular weight excluding hydrogens is 342 g/mol. The van der Waals surface area contributed by atoms with E-state index in [4.69, 9.17) is 4.74 Å². The van der Waals surface area contributed by atoms with Gasteiger partial charge in [0.05, 0.1) is 0 Å². The van der Waals surface area contributed by atoms with Crippen molar-refractivity contribution in [2.24, 2.45) is 11.8 Å². The number of rotatable bonds is 8. The Balaban J connectivity index is 0.00000243. The van der Waals surface area contributed by atoms with Gasteiger partial charge >= 0.3 is 0 Å². The number of benzene rings is 2. The van der Waals surface area contributed by atoms with E-state index in [2.05, 4.69) is 80.0 Å². The lowest BCUT2D eigenvalue weighted by molar-refractivity contribution is -0.0393. The normalized spacial score (nSPS) is 17.0. The lowest BCUT2D eigenvalue weighted by atomic mass is 9.70. The molecule has 26 heavy (non-hydrogen) atoms. The first kappa shape index (κ1) is 21.0. The molecule has 3 rings (SSSR count). The fourth-order valence-electron chi connectivity index (χ4n) is 4.43. The molecule has 1 fully saturated rings. The van der Waals surface area contributed by atoms with Gasteiger partial charge in [0.25, 0.3) is 0 Å². The number of halogens is 1. The van der Waals surface area contributed by atoms with E-state index in [1.807, 2.05) is 7.11 Å². The zero-order valence-corrected chi connectivity index (χ0v) is 17.0. The Bertz CT molecular complexity index is 602. The Morgan fingerprint density at radius 3 is 1.85 bits per heavy atom. The largest absolute Gasteiger partial charge is 0.368 e. The molecule has 0 radical (unpaired) electrons. The zero-order valence-electron chi connectivity index (χ0n) is 16.2. The van der Waals surface area contributed by atoms with Crippen molar-refractivity contribution in [3.8, 4) is 0 Å². The molecule has 0 heterocycles. The standard InChI is InChI=1S/C23H31NO.ClH/c1-18(22(24-2)17-19-11-10-12-19)23(25-3,20-13-6-4-7-14-20)21-15-8-5-9-16-21;/h4-9,13-16,18-19,22,24H,10-12,17H2,1-3H3;1H. The minimum atomic E-state index is -0.445. The molecule has 0 spiro atoms. The van der Waals surface area contributed by atoms with Gasteiger partial charge in [0.1, 0.15) is 5.60 Å². The Morgan fingerprint density at radius 2 is 1.50 bits per heavy atom. The molecule has 0 saturated heterocycles. The lowest BCUT2D eigenvalue weighted by Gasteiger charge is -2.44. The van der Waals surface area contributed by atoms with Gasteiger partial charge in [0.15, 0.2) is 0 Å². The summed E-state index contributed by atoms with van der Waals surface area (Å²) < 4.78 is 6.35. The third-order valence-electron chi connectivity index (χ3n) is 6.15. The molecule has 0 bridgehead atoms. The summed E-state index contributed by atoms with van der Waals surface area (Å²) in [6, 6.07) is 21.8. The average molecular weight is 374 g/mol. The van der Waals surface area contributed by atoms with Crippen LogP contribution in [0.1, 0.15) is 43.7 Å². The quantitative estimate of drug-likeness (QED) is 0.667. The Labute approximate surface area is 164 Å². The number of ether oxygens (including phenoxy) is 1. The predicted octanol–water partition coefficient (Wildman–Crippen LogP) is 5.41. The first-order valence-electron chi connectivity index (χ1n) is 9.55. The molecule has 1 saturated carbocycles. The smallest absolute Gasteiger partial charge is 0.122 e. The minimum absolute atomic E-state index is 0. The molecule has 2 aromatic carbocycles. The number of hydrogen-bond acceptors (Lipinski definition) is 2. The summed E-state index contributed by atoms with van der Waals surface area (Å²) in [7, 11) is 3.95. The molecule has 3 heteroatoms. The van der Waals surface area contributed by atoms with Crippen molar-refractivity contribution in [1.82, 2.24) is 5.32 Å². The predicted molar refractivity (Wildman–Crippen MR) is 112 cm³/mol. The van der Waals surface area contributed by atoms with Gasteiger partial charge in [-0.25, -0.2) is 0 Å². The van der Waals surface area contributed by atoms with Crippen molar-refractivity contribution < 1.29 is 4.74 Å². The van der Waals surface area contributed by atoms with Crippen LogP contribution in [0.3, 0.4) is 0 Å². The van der Waals surface area contributed by atoms with E-state index < -0.39 is 5.60 Å². The molecule has 142 valence electrons. The minimum Gasteiger partial charge on any atom is -0.368 e.